The summed E-state index contributed by atoms with van der Waals surface area (Å²) >= 11 is 1.52. The highest BCUT2D eigenvalue weighted by Crippen LogP contribution is 2.29. The van der Waals surface area contributed by atoms with Gasteiger partial charge in [0.15, 0.2) is 23.9 Å². The minimum atomic E-state index is -2.96. The molecule has 0 fully saturated rings. The van der Waals surface area contributed by atoms with Crippen molar-refractivity contribution in [2.75, 3.05) is 7.11 Å². The summed E-state index contributed by atoms with van der Waals surface area (Å²) in [4.78, 5) is 10.6. The average Bonchev–Trinajstić information content (AvgIpc) is 3.31. The Hall–Kier alpha value is -3.14. The highest BCUT2D eigenvalue weighted by Gasteiger charge is 2.14. The fourth-order valence-electron chi connectivity index (χ4n) is 2.30. The number of nitrogens with two attached hydrogens (primary N) is 1. The van der Waals surface area contributed by atoms with Crippen LogP contribution in [0.2, 0.25) is 0 Å². The number of ether oxygens (including phenoxy) is 2. The molecule has 148 valence electrons. The number of amidine groups is 1. The summed E-state index contributed by atoms with van der Waals surface area (Å²) in [6.07, 6.45) is 0. The summed E-state index contributed by atoms with van der Waals surface area (Å²) in [5.41, 5.74) is 6.91. The SMILES string of the molecule is COc1cc(/C(N)=N/OCc2nc(-c3cccs3)oc2C)ccc1OC(F)F. The number of benzene rings is 1. The molecule has 10 heteroatoms. The number of aromatic nitrogens is 1. The molecule has 0 bridgehead atoms. The van der Waals surface area contributed by atoms with Gasteiger partial charge in [-0.05, 0) is 36.6 Å². The zero-order chi connectivity index (χ0) is 20.1. The van der Waals surface area contributed by atoms with Crippen LogP contribution in [-0.2, 0) is 11.4 Å². The van der Waals surface area contributed by atoms with Gasteiger partial charge in [0, 0.05) is 5.56 Å². The van der Waals surface area contributed by atoms with E-state index in [1.54, 1.807) is 6.92 Å². The van der Waals surface area contributed by atoms with Crippen LogP contribution in [0.1, 0.15) is 17.0 Å². The largest absolute Gasteiger partial charge is 0.493 e. The van der Waals surface area contributed by atoms with Crippen LogP contribution in [0.3, 0.4) is 0 Å². The number of nitrogens with zero attached hydrogens (tertiary/aromatic N) is 2. The molecule has 0 radical (unpaired) electrons. The Labute approximate surface area is 163 Å². The maximum Gasteiger partial charge on any atom is 0.387 e. The third kappa shape index (κ3) is 4.58. The molecule has 2 aromatic heterocycles. The van der Waals surface area contributed by atoms with E-state index in [9.17, 15) is 8.78 Å². The number of alkyl halides is 2. The number of oxazole rings is 1. The van der Waals surface area contributed by atoms with Crippen LogP contribution < -0.4 is 15.2 Å². The topological polar surface area (TPSA) is 92.1 Å². The van der Waals surface area contributed by atoms with Crippen molar-refractivity contribution in [1.29, 1.82) is 0 Å². The highest BCUT2D eigenvalue weighted by atomic mass is 32.1. The van der Waals surface area contributed by atoms with E-state index in [1.807, 2.05) is 17.5 Å². The summed E-state index contributed by atoms with van der Waals surface area (Å²) in [6, 6.07) is 8.03. The molecule has 0 atom stereocenters. The van der Waals surface area contributed by atoms with Crippen molar-refractivity contribution < 1.29 is 27.5 Å². The van der Waals surface area contributed by atoms with E-state index in [4.69, 9.17) is 19.7 Å². The Bertz CT molecular complexity index is 958. The van der Waals surface area contributed by atoms with Crippen LogP contribution in [-0.4, -0.2) is 24.5 Å². The van der Waals surface area contributed by atoms with Gasteiger partial charge in [-0.2, -0.15) is 8.78 Å². The minimum Gasteiger partial charge on any atom is -0.493 e. The fourth-order valence-corrected chi connectivity index (χ4v) is 2.95. The van der Waals surface area contributed by atoms with Crippen LogP contribution in [0.4, 0.5) is 8.78 Å². The first-order valence-electron chi connectivity index (χ1n) is 8.06. The molecule has 0 aliphatic carbocycles. The molecule has 1 aromatic carbocycles. The summed E-state index contributed by atoms with van der Waals surface area (Å²) in [5.74, 6) is 1.18. The maximum absolute atomic E-state index is 12.4. The molecule has 2 heterocycles. The molecule has 0 saturated heterocycles. The number of oxime groups is 1. The normalized spacial score (nSPS) is 11.7. The van der Waals surface area contributed by atoms with E-state index in [1.165, 1.54) is 36.6 Å². The Morgan fingerprint density at radius 2 is 2.14 bits per heavy atom. The Kier molecular flexibility index (Phi) is 6.09. The van der Waals surface area contributed by atoms with Crippen molar-refractivity contribution in [3.8, 4) is 22.3 Å². The van der Waals surface area contributed by atoms with Crippen molar-refractivity contribution >= 4 is 17.2 Å². The van der Waals surface area contributed by atoms with E-state index in [0.717, 1.165) is 4.88 Å². The Morgan fingerprint density at radius 3 is 2.82 bits per heavy atom. The number of rotatable bonds is 8. The number of aryl methyl sites for hydroxylation is 1. The van der Waals surface area contributed by atoms with Crippen molar-refractivity contribution in [3.05, 3.63) is 52.7 Å². The average molecular weight is 409 g/mol. The van der Waals surface area contributed by atoms with Gasteiger partial charge in [-0.15, -0.1) is 11.3 Å². The molecule has 0 aliphatic heterocycles. The first kappa shape index (κ1) is 19.6. The van der Waals surface area contributed by atoms with Gasteiger partial charge in [0.2, 0.25) is 5.89 Å². The second kappa shape index (κ2) is 8.70. The highest BCUT2D eigenvalue weighted by molar-refractivity contribution is 7.13. The minimum absolute atomic E-state index is 0.0431. The first-order valence-corrected chi connectivity index (χ1v) is 8.94. The fraction of sp³-hybridized carbons (Fsp3) is 0.222. The lowest BCUT2D eigenvalue weighted by Crippen LogP contribution is -2.14. The van der Waals surface area contributed by atoms with Crippen LogP contribution in [0.5, 0.6) is 11.5 Å². The van der Waals surface area contributed by atoms with Crippen molar-refractivity contribution in [3.63, 3.8) is 0 Å². The third-order valence-corrected chi connectivity index (χ3v) is 4.52. The molecule has 0 saturated carbocycles. The predicted molar refractivity (Wildman–Crippen MR) is 99.7 cm³/mol. The standard InChI is InChI=1S/C18H17F2N3O4S/c1-10-12(22-17(26-10)15-4-3-7-28-15)9-25-23-16(21)11-5-6-13(27-18(19)20)14(8-11)24-2/h3-8,18H,9H2,1-2H3,(H2,21,23). The number of methoxy groups -OCH3 is 1. The molecule has 0 aliphatic rings. The van der Waals surface area contributed by atoms with Gasteiger partial charge in [-0.25, -0.2) is 4.98 Å². The van der Waals surface area contributed by atoms with E-state index in [0.29, 0.717) is 22.9 Å². The lowest BCUT2D eigenvalue weighted by Gasteiger charge is -2.11. The number of halogens is 2. The molecule has 0 amide bonds. The van der Waals surface area contributed by atoms with Crippen molar-refractivity contribution in [2.24, 2.45) is 10.9 Å². The summed E-state index contributed by atoms with van der Waals surface area (Å²) < 4.78 is 39.8. The summed E-state index contributed by atoms with van der Waals surface area (Å²) in [5, 5.41) is 5.77. The zero-order valence-corrected chi connectivity index (χ0v) is 15.8. The van der Waals surface area contributed by atoms with Gasteiger partial charge in [0.05, 0.1) is 12.0 Å². The monoisotopic (exact) mass is 409 g/mol. The van der Waals surface area contributed by atoms with Gasteiger partial charge in [0.25, 0.3) is 0 Å². The molecular weight excluding hydrogens is 392 g/mol. The zero-order valence-electron chi connectivity index (χ0n) is 15.0. The van der Waals surface area contributed by atoms with E-state index in [-0.39, 0.29) is 23.9 Å². The van der Waals surface area contributed by atoms with Crippen LogP contribution in [0.15, 0.2) is 45.3 Å². The summed E-state index contributed by atoms with van der Waals surface area (Å²) in [6.45, 7) is -1.12. The van der Waals surface area contributed by atoms with E-state index < -0.39 is 6.61 Å². The second-order valence-corrected chi connectivity index (χ2v) is 6.44. The quantitative estimate of drug-likeness (QED) is 0.341. The van der Waals surface area contributed by atoms with Crippen molar-refractivity contribution in [1.82, 2.24) is 4.98 Å². The molecular formula is C18H17F2N3O4S. The van der Waals surface area contributed by atoms with Gasteiger partial charge in [0.1, 0.15) is 11.5 Å². The number of hydrogen-bond acceptors (Lipinski definition) is 7. The third-order valence-electron chi connectivity index (χ3n) is 3.66. The molecule has 28 heavy (non-hydrogen) atoms. The Balaban J connectivity index is 1.68. The van der Waals surface area contributed by atoms with E-state index in [2.05, 4.69) is 14.9 Å². The molecule has 3 aromatic rings. The predicted octanol–water partition coefficient (Wildman–Crippen LogP) is 4.16. The van der Waals surface area contributed by atoms with E-state index >= 15 is 0 Å². The van der Waals surface area contributed by atoms with Crippen molar-refractivity contribution in [2.45, 2.75) is 20.1 Å². The molecule has 0 spiro atoms. The number of hydrogen-bond donors (Lipinski definition) is 1. The van der Waals surface area contributed by atoms with Gasteiger partial charge in [-0.1, -0.05) is 11.2 Å². The molecule has 0 unspecified atom stereocenters. The lowest BCUT2D eigenvalue weighted by molar-refractivity contribution is -0.0512. The first-order chi connectivity index (χ1) is 13.5. The van der Waals surface area contributed by atoms with Crippen LogP contribution >= 0.6 is 11.3 Å². The smallest absolute Gasteiger partial charge is 0.387 e. The van der Waals surface area contributed by atoms with Crippen LogP contribution in [0, 0.1) is 6.92 Å². The lowest BCUT2D eigenvalue weighted by atomic mass is 10.2. The van der Waals surface area contributed by atoms with Gasteiger partial charge >= 0.3 is 6.61 Å². The molecule has 2 N–H and O–H groups in total. The number of thiophene rings is 1. The van der Waals surface area contributed by atoms with Gasteiger partial charge in [-0.3, -0.25) is 0 Å². The molecule has 7 nitrogen and oxygen atoms in total. The molecule has 3 rings (SSSR count). The summed E-state index contributed by atoms with van der Waals surface area (Å²) in [7, 11) is 1.33. The maximum atomic E-state index is 12.4. The van der Waals surface area contributed by atoms with Crippen LogP contribution in [0.25, 0.3) is 10.8 Å². The van der Waals surface area contributed by atoms with Gasteiger partial charge < -0.3 is 24.5 Å². The second-order valence-electron chi connectivity index (χ2n) is 5.49. The Morgan fingerprint density at radius 1 is 1.32 bits per heavy atom.